The first kappa shape index (κ1) is 12.2. The van der Waals surface area contributed by atoms with E-state index in [0.717, 1.165) is 0 Å². The number of rotatable bonds is 4. The minimum Gasteiger partial charge on any atom is -0.479 e. The molecule has 0 aliphatic carbocycles. The fourth-order valence-electron chi connectivity index (χ4n) is 1.45. The summed E-state index contributed by atoms with van der Waals surface area (Å²) in [7, 11) is 0. The maximum Gasteiger partial charge on any atom is 0.337 e. The Bertz CT molecular complexity index is 428. The second-order valence-electron chi connectivity index (χ2n) is 3.33. The van der Waals surface area contributed by atoms with Crippen molar-refractivity contribution < 1.29 is 19.8 Å². The molecule has 0 radical (unpaired) electrons. The Morgan fingerprint density at radius 3 is 2.56 bits per heavy atom. The van der Waals surface area contributed by atoms with E-state index >= 15 is 0 Å². The van der Waals surface area contributed by atoms with Gasteiger partial charge in [-0.25, -0.2) is 4.79 Å². The second kappa shape index (κ2) is 4.76. The third-order valence-electron chi connectivity index (χ3n) is 2.26. The van der Waals surface area contributed by atoms with Gasteiger partial charge in [0.1, 0.15) is 0 Å². The van der Waals surface area contributed by atoms with E-state index in [2.05, 4.69) is 0 Å². The number of benzene rings is 1. The van der Waals surface area contributed by atoms with Crippen molar-refractivity contribution in [1.29, 1.82) is 0 Å². The predicted octanol–water partition coefficient (Wildman–Crippen LogP) is 0.980. The standard InChI is InChI=1S/C11H13NO4/c1-2-8(13)9-6(10(14)11(15)16)4-3-5-7(9)12/h3-5,10,14H,2,12H2,1H3,(H,15,16). The van der Waals surface area contributed by atoms with E-state index in [4.69, 9.17) is 10.8 Å². The number of hydrogen-bond donors (Lipinski definition) is 3. The van der Waals surface area contributed by atoms with Gasteiger partial charge in [0.25, 0.3) is 0 Å². The summed E-state index contributed by atoms with van der Waals surface area (Å²) in [6.45, 7) is 1.64. The van der Waals surface area contributed by atoms with Crippen LogP contribution in [0.1, 0.15) is 35.4 Å². The molecule has 0 saturated heterocycles. The molecule has 1 unspecified atom stereocenters. The van der Waals surface area contributed by atoms with Gasteiger partial charge in [0.15, 0.2) is 11.9 Å². The van der Waals surface area contributed by atoms with Crippen molar-refractivity contribution in [3.8, 4) is 0 Å². The monoisotopic (exact) mass is 223 g/mol. The molecule has 0 aliphatic heterocycles. The first-order chi connectivity index (χ1) is 7.49. The molecule has 0 saturated carbocycles. The Kier molecular flexibility index (Phi) is 3.63. The number of carbonyl (C=O) groups excluding carboxylic acids is 1. The lowest BCUT2D eigenvalue weighted by Gasteiger charge is -2.12. The number of carboxylic acids is 1. The van der Waals surface area contributed by atoms with Gasteiger partial charge in [-0.1, -0.05) is 19.1 Å². The molecule has 1 aromatic rings. The zero-order valence-electron chi connectivity index (χ0n) is 8.80. The van der Waals surface area contributed by atoms with Crippen LogP contribution in [0.2, 0.25) is 0 Å². The average molecular weight is 223 g/mol. The summed E-state index contributed by atoms with van der Waals surface area (Å²) < 4.78 is 0. The van der Waals surface area contributed by atoms with Gasteiger partial charge in [-0.15, -0.1) is 0 Å². The number of carbonyl (C=O) groups is 2. The van der Waals surface area contributed by atoms with Crippen LogP contribution in [-0.4, -0.2) is 22.0 Å². The molecule has 0 amide bonds. The number of carboxylic acid groups (broad SMARTS) is 1. The molecular formula is C11H13NO4. The van der Waals surface area contributed by atoms with E-state index in [0.29, 0.717) is 0 Å². The molecule has 16 heavy (non-hydrogen) atoms. The third-order valence-corrected chi connectivity index (χ3v) is 2.26. The SMILES string of the molecule is CCC(=O)c1c(N)cccc1C(O)C(=O)O. The Hall–Kier alpha value is -1.88. The normalized spacial score (nSPS) is 12.1. The molecule has 0 aromatic heterocycles. The molecule has 0 bridgehead atoms. The second-order valence-corrected chi connectivity index (χ2v) is 3.33. The van der Waals surface area contributed by atoms with Crippen LogP contribution in [0, 0.1) is 0 Å². The Morgan fingerprint density at radius 1 is 1.44 bits per heavy atom. The van der Waals surface area contributed by atoms with Crippen LogP contribution in [0.15, 0.2) is 18.2 Å². The van der Waals surface area contributed by atoms with Gasteiger partial charge in [-0.2, -0.15) is 0 Å². The van der Waals surface area contributed by atoms with E-state index in [1.165, 1.54) is 18.2 Å². The molecule has 4 N–H and O–H groups in total. The van der Waals surface area contributed by atoms with Crippen LogP contribution in [0.25, 0.3) is 0 Å². The van der Waals surface area contributed by atoms with Crippen LogP contribution >= 0.6 is 0 Å². The van der Waals surface area contributed by atoms with Crippen LogP contribution in [0.3, 0.4) is 0 Å². The maximum absolute atomic E-state index is 11.6. The number of aliphatic hydroxyl groups excluding tert-OH is 1. The first-order valence-electron chi connectivity index (χ1n) is 4.81. The van der Waals surface area contributed by atoms with Crippen molar-refractivity contribution in [2.24, 2.45) is 0 Å². The Labute approximate surface area is 92.5 Å². The smallest absolute Gasteiger partial charge is 0.337 e. The van der Waals surface area contributed by atoms with Crippen molar-refractivity contribution in [2.75, 3.05) is 5.73 Å². The summed E-state index contributed by atoms with van der Waals surface area (Å²) in [5, 5.41) is 18.1. The van der Waals surface area contributed by atoms with Crippen molar-refractivity contribution in [1.82, 2.24) is 0 Å². The third kappa shape index (κ3) is 2.20. The highest BCUT2D eigenvalue weighted by Gasteiger charge is 2.23. The van der Waals surface area contributed by atoms with E-state index in [1.807, 2.05) is 0 Å². The fraction of sp³-hybridized carbons (Fsp3) is 0.273. The minimum atomic E-state index is -1.73. The number of aliphatic carboxylic acids is 1. The van der Waals surface area contributed by atoms with Crippen LogP contribution in [0.4, 0.5) is 5.69 Å². The molecule has 0 heterocycles. The summed E-state index contributed by atoms with van der Waals surface area (Å²) in [5.41, 5.74) is 5.93. The van der Waals surface area contributed by atoms with Crippen LogP contribution in [-0.2, 0) is 4.79 Å². The lowest BCUT2D eigenvalue weighted by Crippen LogP contribution is -2.16. The average Bonchev–Trinajstić information content (AvgIpc) is 2.26. The van der Waals surface area contributed by atoms with Crippen molar-refractivity contribution in [2.45, 2.75) is 19.4 Å². The maximum atomic E-state index is 11.6. The number of nitrogens with two attached hydrogens (primary N) is 1. The molecule has 86 valence electrons. The summed E-state index contributed by atoms with van der Waals surface area (Å²) >= 11 is 0. The number of hydrogen-bond acceptors (Lipinski definition) is 4. The molecule has 0 fully saturated rings. The van der Waals surface area contributed by atoms with E-state index in [-0.39, 0.29) is 29.0 Å². The highest BCUT2D eigenvalue weighted by atomic mass is 16.4. The van der Waals surface area contributed by atoms with Gasteiger partial charge in [0.2, 0.25) is 0 Å². The number of Topliss-reactive ketones (excluding diaryl/α,β-unsaturated/α-hetero) is 1. The number of aliphatic hydroxyl groups is 1. The van der Waals surface area contributed by atoms with Gasteiger partial charge in [0, 0.05) is 23.2 Å². The van der Waals surface area contributed by atoms with Crippen LogP contribution in [0.5, 0.6) is 0 Å². The topological polar surface area (TPSA) is 101 Å². The summed E-state index contributed by atoms with van der Waals surface area (Å²) in [5.74, 6) is -1.69. The molecule has 1 rings (SSSR count). The zero-order valence-corrected chi connectivity index (χ0v) is 8.80. The van der Waals surface area contributed by atoms with Crippen molar-refractivity contribution >= 4 is 17.4 Å². The Morgan fingerprint density at radius 2 is 2.06 bits per heavy atom. The Balaban J connectivity index is 3.33. The minimum absolute atomic E-state index is 0.0411. The van der Waals surface area contributed by atoms with E-state index in [9.17, 15) is 14.7 Å². The first-order valence-corrected chi connectivity index (χ1v) is 4.81. The number of nitrogen functional groups attached to an aromatic ring is 1. The van der Waals surface area contributed by atoms with E-state index < -0.39 is 12.1 Å². The van der Waals surface area contributed by atoms with Crippen molar-refractivity contribution in [3.05, 3.63) is 29.3 Å². The van der Waals surface area contributed by atoms with Gasteiger partial charge in [0.05, 0.1) is 0 Å². The molecule has 0 spiro atoms. The van der Waals surface area contributed by atoms with Crippen molar-refractivity contribution in [3.63, 3.8) is 0 Å². The molecular weight excluding hydrogens is 210 g/mol. The molecule has 1 atom stereocenters. The quantitative estimate of drug-likeness (QED) is 0.521. The predicted molar refractivity (Wildman–Crippen MR) is 58.1 cm³/mol. The summed E-state index contributed by atoms with van der Waals surface area (Å²) in [6, 6.07) is 4.39. The van der Waals surface area contributed by atoms with Gasteiger partial charge < -0.3 is 15.9 Å². The van der Waals surface area contributed by atoms with Crippen LogP contribution < -0.4 is 5.73 Å². The lowest BCUT2D eigenvalue weighted by atomic mass is 9.96. The number of ketones is 1. The molecule has 5 heteroatoms. The number of anilines is 1. The highest BCUT2D eigenvalue weighted by molar-refractivity contribution is 6.03. The lowest BCUT2D eigenvalue weighted by molar-refractivity contribution is -0.146. The fourth-order valence-corrected chi connectivity index (χ4v) is 1.45. The zero-order chi connectivity index (χ0) is 12.3. The van der Waals surface area contributed by atoms with E-state index in [1.54, 1.807) is 6.92 Å². The molecule has 0 aliphatic rings. The molecule has 1 aromatic carbocycles. The summed E-state index contributed by atoms with van der Waals surface area (Å²) in [4.78, 5) is 22.3. The largest absolute Gasteiger partial charge is 0.479 e. The highest BCUT2D eigenvalue weighted by Crippen LogP contribution is 2.24. The summed E-state index contributed by atoms with van der Waals surface area (Å²) in [6.07, 6.45) is -1.53. The van der Waals surface area contributed by atoms with Gasteiger partial charge >= 0.3 is 5.97 Å². The molecule has 5 nitrogen and oxygen atoms in total. The van der Waals surface area contributed by atoms with Gasteiger partial charge in [-0.3, -0.25) is 4.79 Å². The van der Waals surface area contributed by atoms with Gasteiger partial charge in [-0.05, 0) is 6.07 Å².